The van der Waals surface area contributed by atoms with Crippen LogP contribution in [0, 0.1) is 23.6 Å². The van der Waals surface area contributed by atoms with Crippen molar-refractivity contribution in [1.82, 2.24) is 5.32 Å². The third kappa shape index (κ3) is 4.56. The molecule has 0 aliphatic heterocycles. The number of hydrogen-bond acceptors (Lipinski definition) is 4. The molecule has 2 aromatic rings. The average Bonchev–Trinajstić information content (AvgIpc) is 3.36. The van der Waals surface area contributed by atoms with Crippen LogP contribution in [0.15, 0.2) is 67.3 Å². The molecule has 0 aromatic heterocycles. The van der Waals surface area contributed by atoms with Gasteiger partial charge in [0.15, 0.2) is 0 Å². The Morgan fingerprint density at radius 2 is 2.00 bits per heavy atom. The summed E-state index contributed by atoms with van der Waals surface area (Å²) in [7, 11) is 0. The van der Waals surface area contributed by atoms with Gasteiger partial charge in [-0.1, -0.05) is 36.4 Å². The maximum atomic E-state index is 13.3. The molecule has 1 aliphatic carbocycles. The van der Waals surface area contributed by atoms with Crippen molar-refractivity contribution in [3.05, 3.63) is 78.6 Å². The summed E-state index contributed by atoms with van der Waals surface area (Å²) in [6.45, 7) is 4.83. The fourth-order valence-electron chi connectivity index (χ4n) is 3.33. The molecule has 1 saturated carbocycles. The van der Waals surface area contributed by atoms with Crippen LogP contribution in [0.5, 0.6) is 0 Å². The van der Waals surface area contributed by atoms with Crippen LogP contribution in [-0.4, -0.2) is 18.9 Å². The molecule has 0 amide bonds. The predicted molar refractivity (Wildman–Crippen MR) is 99.8 cm³/mol. The van der Waals surface area contributed by atoms with E-state index in [9.17, 15) is 9.18 Å². The lowest BCUT2D eigenvalue weighted by molar-refractivity contribution is -0.109. The molecule has 26 heavy (non-hydrogen) atoms. The van der Waals surface area contributed by atoms with E-state index in [4.69, 9.17) is 4.84 Å². The lowest BCUT2D eigenvalue weighted by Gasteiger charge is -2.15. The van der Waals surface area contributed by atoms with Gasteiger partial charge in [-0.05, 0) is 41.7 Å². The summed E-state index contributed by atoms with van der Waals surface area (Å²) < 4.78 is 13.3. The van der Waals surface area contributed by atoms with Gasteiger partial charge in [0, 0.05) is 18.5 Å². The van der Waals surface area contributed by atoms with Gasteiger partial charge in [-0.15, -0.1) is 6.58 Å². The maximum Gasteiger partial charge on any atom is 0.123 e. The Balaban J connectivity index is 1.50. The van der Waals surface area contributed by atoms with Crippen molar-refractivity contribution in [3.63, 3.8) is 0 Å². The normalized spacial score (nSPS) is 22.4. The summed E-state index contributed by atoms with van der Waals surface area (Å²) >= 11 is 0. The van der Waals surface area contributed by atoms with E-state index >= 15 is 0 Å². The van der Waals surface area contributed by atoms with Crippen LogP contribution >= 0.6 is 0 Å². The van der Waals surface area contributed by atoms with Gasteiger partial charge in [-0.2, -0.15) is 0 Å². The number of nitrogens with one attached hydrogen (secondary N) is 2. The quantitative estimate of drug-likeness (QED) is 0.389. The van der Waals surface area contributed by atoms with Crippen molar-refractivity contribution in [1.29, 1.82) is 0 Å². The lowest BCUT2D eigenvalue weighted by atomic mass is 10.1. The summed E-state index contributed by atoms with van der Waals surface area (Å²) in [6.07, 6.45) is 2.80. The molecule has 5 heteroatoms. The number of carbonyl (C=O) groups is 1. The Morgan fingerprint density at radius 1 is 1.19 bits per heavy atom. The first-order valence-electron chi connectivity index (χ1n) is 8.71. The number of para-hydroxylation sites is 1. The van der Waals surface area contributed by atoms with Crippen molar-refractivity contribution in [2.24, 2.45) is 17.8 Å². The van der Waals surface area contributed by atoms with Gasteiger partial charge in [0.25, 0.3) is 0 Å². The largest absolute Gasteiger partial charge is 0.306 e. The first-order valence-corrected chi connectivity index (χ1v) is 8.71. The third-order valence-electron chi connectivity index (χ3n) is 4.79. The van der Waals surface area contributed by atoms with E-state index < -0.39 is 0 Å². The Labute approximate surface area is 153 Å². The molecule has 0 radical (unpaired) electrons. The molecule has 2 aromatic carbocycles. The predicted octanol–water partition coefficient (Wildman–Crippen LogP) is 3.57. The van der Waals surface area contributed by atoms with Gasteiger partial charge < -0.3 is 10.1 Å². The molecule has 0 bridgehead atoms. The van der Waals surface area contributed by atoms with Gasteiger partial charge >= 0.3 is 0 Å². The SMILES string of the molecule is C=CC(NCc1cccc(F)c1)C1C(C=O)[C@@H]1CONc1ccccc1. The minimum Gasteiger partial charge on any atom is -0.306 e. The monoisotopic (exact) mass is 354 g/mol. The highest BCUT2D eigenvalue weighted by molar-refractivity contribution is 5.60. The third-order valence-corrected chi connectivity index (χ3v) is 4.79. The topological polar surface area (TPSA) is 50.4 Å². The number of benzene rings is 2. The zero-order valence-electron chi connectivity index (χ0n) is 14.5. The lowest BCUT2D eigenvalue weighted by Crippen LogP contribution is -2.30. The zero-order chi connectivity index (χ0) is 18.4. The van der Waals surface area contributed by atoms with Crippen molar-refractivity contribution in [2.45, 2.75) is 12.6 Å². The van der Waals surface area contributed by atoms with Gasteiger partial charge in [0.1, 0.15) is 12.1 Å². The maximum absolute atomic E-state index is 13.3. The number of carbonyl (C=O) groups excluding carboxylic acids is 1. The van der Waals surface area contributed by atoms with Crippen molar-refractivity contribution in [2.75, 3.05) is 12.1 Å². The molecule has 4 nitrogen and oxygen atoms in total. The molecule has 1 fully saturated rings. The van der Waals surface area contributed by atoms with Crippen LogP contribution in [0.3, 0.4) is 0 Å². The molecular weight excluding hydrogens is 331 g/mol. The fourth-order valence-corrected chi connectivity index (χ4v) is 3.33. The highest BCUT2D eigenvalue weighted by Gasteiger charge is 2.53. The first-order chi connectivity index (χ1) is 12.7. The van der Waals surface area contributed by atoms with Crippen molar-refractivity contribution < 1.29 is 14.0 Å². The van der Waals surface area contributed by atoms with E-state index in [2.05, 4.69) is 17.4 Å². The summed E-state index contributed by atoms with van der Waals surface area (Å²) in [5, 5.41) is 3.36. The molecule has 3 unspecified atom stereocenters. The van der Waals surface area contributed by atoms with E-state index in [0.29, 0.717) is 13.2 Å². The summed E-state index contributed by atoms with van der Waals surface area (Å²) in [4.78, 5) is 16.9. The standard InChI is InChI=1S/C21H23FN2O2/c1-2-20(23-12-15-7-6-8-16(22)11-15)21-18(13-25)19(21)14-26-24-17-9-4-3-5-10-17/h2-11,13,18-21,23-24H,1,12,14H2/t18?,19-,20?,21?/m0/s1. The van der Waals surface area contributed by atoms with Gasteiger partial charge in [0.2, 0.25) is 0 Å². The van der Waals surface area contributed by atoms with Gasteiger partial charge in [-0.25, -0.2) is 4.39 Å². The average molecular weight is 354 g/mol. The molecule has 1 aliphatic rings. The van der Waals surface area contributed by atoms with E-state index in [-0.39, 0.29) is 29.6 Å². The van der Waals surface area contributed by atoms with Crippen LogP contribution in [-0.2, 0) is 16.2 Å². The van der Waals surface area contributed by atoms with Crippen LogP contribution < -0.4 is 10.8 Å². The van der Waals surface area contributed by atoms with E-state index in [1.807, 2.05) is 42.5 Å². The number of anilines is 1. The Morgan fingerprint density at radius 3 is 2.69 bits per heavy atom. The van der Waals surface area contributed by atoms with E-state index in [0.717, 1.165) is 17.5 Å². The molecule has 2 N–H and O–H groups in total. The zero-order valence-corrected chi connectivity index (χ0v) is 14.5. The van der Waals surface area contributed by atoms with Crippen molar-refractivity contribution >= 4 is 12.0 Å². The van der Waals surface area contributed by atoms with Gasteiger partial charge in [0.05, 0.1) is 12.3 Å². The van der Waals surface area contributed by atoms with Crippen LogP contribution in [0.1, 0.15) is 5.56 Å². The second kappa shape index (κ2) is 8.74. The first kappa shape index (κ1) is 18.3. The Kier molecular flexibility index (Phi) is 6.15. The molecule has 3 rings (SSSR count). The summed E-state index contributed by atoms with van der Waals surface area (Å²) in [5.74, 6) is -0.0478. The minimum atomic E-state index is -0.255. The number of hydrogen-bond donors (Lipinski definition) is 2. The number of aldehydes is 1. The number of rotatable bonds is 10. The molecular formula is C21H23FN2O2. The van der Waals surface area contributed by atoms with Crippen LogP contribution in [0.2, 0.25) is 0 Å². The Bertz CT molecular complexity index is 738. The van der Waals surface area contributed by atoms with E-state index in [1.165, 1.54) is 12.1 Å². The molecule has 0 saturated heterocycles. The minimum absolute atomic E-state index is 0.0289. The second-order valence-electron chi connectivity index (χ2n) is 6.51. The molecule has 136 valence electrons. The molecule has 0 spiro atoms. The molecule has 0 heterocycles. The summed E-state index contributed by atoms with van der Waals surface area (Å²) in [6, 6.07) is 16.0. The summed E-state index contributed by atoms with van der Waals surface area (Å²) in [5.41, 5.74) is 4.63. The second-order valence-corrected chi connectivity index (χ2v) is 6.51. The number of halogens is 1. The highest BCUT2D eigenvalue weighted by Crippen LogP contribution is 2.47. The van der Waals surface area contributed by atoms with E-state index in [1.54, 1.807) is 6.07 Å². The smallest absolute Gasteiger partial charge is 0.123 e. The van der Waals surface area contributed by atoms with Gasteiger partial charge in [-0.3, -0.25) is 10.3 Å². The van der Waals surface area contributed by atoms with Crippen LogP contribution in [0.4, 0.5) is 10.1 Å². The van der Waals surface area contributed by atoms with Crippen molar-refractivity contribution in [3.8, 4) is 0 Å². The Hall–Kier alpha value is -2.50. The van der Waals surface area contributed by atoms with Crippen LogP contribution in [0.25, 0.3) is 0 Å². The molecule has 4 atom stereocenters. The fraction of sp³-hybridized carbons (Fsp3) is 0.286. The highest BCUT2D eigenvalue weighted by atomic mass is 19.1.